The highest BCUT2D eigenvalue weighted by molar-refractivity contribution is 5.37. The average molecular weight is 234 g/mol. The Morgan fingerprint density at radius 3 is 3.18 bits per heavy atom. The van der Waals surface area contributed by atoms with Crippen LogP contribution in [0.5, 0.6) is 0 Å². The second-order valence-corrected chi connectivity index (χ2v) is 3.66. The summed E-state index contributed by atoms with van der Waals surface area (Å²) in [6, 6.07) is 0. The standard InChI is InChI=1S/C10H14N6O/c1-8-9(13-10(17)15-14-8)12-3-2-5-16-6-4-11-7-16/h4,6-7H,2-3,5H2,1H3,(H2,12,13,15,17). The molecule has 0 fully saturated rings. The molecule has 7 heteroatoms. The number of hydrogen-bond acceptors (Lipinski definition) is 5. The van der Waals surface area contributed by atoms with Crippen LogP contribution in [0.4, 0.5) is 5.82 Å². The van der Waals surface area contributed by atoms with Crippen molar-refractivity contribution in [1.82, 2.24) is 24.7 Å². The van der Waals surface area contributed by atoms with E-state index in [-0.39, 0.29) is 0 Å². The summed E-state index contributed by atoms with van der Waals surface area (Å²) in [5, 5.41) is 9.20. The molecule has 2 rings (SSSR count). The van der Waals surface area contributed by atoms with Gasteiger partial charge < -0.3 is 9.88 Å². The van der Waals surface area contributed by atoms with Gasteiger partial charge in [0.15, 0.2) is 5.82 Å². The molecule has 0 aliphatic heterocycles. The molecule has 0 saturated carbocycles. The normalized spacial score (nSPS) is 10.4. The molecule has 0 saturated heterocycles. The maximum Gasteiger partial charge on any atom is 0.363 e. The Balaban J connectivity index is 1.82. The van der Waals surface area contributed by atoms with Crippen LogP contribution in [-0.4, -0.2) is 31.3 Å². The molecular formula is C10H14N6O. The van der Waals surface area contributed by atoms with E-state index in [4.69, 9.17) is 0 Å². The highest BCUT2D eigenvalue weighted by Gasteiger charge is 2.01. The second-order valence-electron chi connectivity index (χ2n) is 3.66. The summed E-state index contributed by atoms with van der Waals surface area (Å²) in [6.45, 7) is 3.40. The van der Waals surface area contributed by atoms with Crippen molar-refractivity contribution in [1.29, 1.82) is 0 Å². The first-order chi connectivity index (χ1) is 8.25. The number of anilines is 1. The molecule has 2 aromatic heterocycles. The lowest BCUT2D eigenvalue weighted by molar-refractivity contribution is 0.659. The molecular weight excluding hydrogens is 220 g/mol. The maximum atomic E-state index is 11.0. The average Bonchev–Trinajstić information content (AvgIpc) is 2.82. The van der Waals surface area contributed by atoms with Crippen LogP contribution in [0, 0.1) is 6.92 Å². The Morgan fingerprint density at radius 1 is 1.53 bits per heavy atom. The summed E-state index contributed by atoms with van der Waals surface area (Å²) in [5.41, 5.74) is 0.250. The van der Waals surface area contributed by atoms with E-state index in [2.05, 4.69) is 25.5 Å². The van der Waals surface area contributed by atoms with Crippen LogP contribution < -0.4 is 11.0 Å². The van der Waals surface area contributed by atoms with Gasteiger partial charge >= 0.3 is 5.69 Å². The number of aromatic nitrogens is 5. The summed E-state index contributed by atoms with van der Waals surface area (Å²) in [6.07, 6.45) is 6.36. The first kappa shape index (κ1) is 11.3. The van der Waals surface area contributed by atoms with Crippen molar-refractivity contribution >= 4 is 5.82 Å². The maximum absolute atomic E-state index is 11.0. The number of imidazole rings is 1. The lowest BCUT2D eigenvalue weighted by Gasteiger charge is -2.06. The van der Waals surface area contributed by atoms with Gasteiger partial charge in [-0.2, -0.15) is 10.1 Å². The minimum absolute atomic E-state index is 0.437. The zero-order valence-electron chi connectivity index (χ0n) is 9.55. The van der Waals surface area contributed by atoms with Gasteiger partial charge in [0.1, 0.15) is 5.69 Å². The first-order valence-corrected chi connectivity index (χ1v) is 5.38. The molecule has 0 bridgehead atoms. The molecule has 0 radical (unpaired) electrons. The number of aromatic amines is 1. The van der Waals surface area contributed by atoms with Gasteiger partial charge in [-0.05, 0) is 13.3 Å². The number of hydrogen-bond donors (Lipinski definition) is 2. The minimum atomic E-state index is -0.437. The molecule has 0 aliphatic carbocycles. The smallest absolute Gasteiger partial charge is 0.363 e. The van der Waals surface area contributed by atoms with E-state index in [1.54, 1.807) is 19.4 Å². The van der Waals surface area contributed by atoms with Crippen LogP contribution in [-0.2, 0) is 6.54 Å². The van der Waals surface area contributed by atoms with E-state index in [1.165, 1.54) is 0 Å². The Hall–Kier alpha value is -2.18. The fourth-order valence-corrected chi connectivity index (χ4v) is 1.45. The van der Waals surface area contributed by atoms with Crippen molar-refractivity contribution in [2.75, 3.05) is 11.9 Å². The number of aryl methyl sites for hydroxylation is 2. The molecule has 2 aromatic rings. The van der Waals surface area contributed by atoms with Gasteiger partial charge in [-0.3, -0.25) is 0 Å². The lowest BCUT2D eigenvalue weighted by atomic mass is 10.4. The van der Waals surface area contributed by atoms with Gasteiger partial charge in [0.2, 0.25) is 0 Å². The minimum Gasteiger partial charge on any atom is -0.368 e. The molecule has 17 heavy (non-hydrogen) atoms. The Labute approximate surface area is 97.9 Å². The monoisotopic (exact) mass is 234 g/mol. The third-order valence-corrected chi connectivity index (χ3v) is 2.32. The van der Waals surface area contributed by atoms with E-state index in [0.29, 0.717) is 11.5 Å². The van der Waals surface area contributed by atoms with Gasteiger partial charge in [-0.25, -0.2) is 14.9 Å². The zero-order chi connectivity index (χ0) is 12.1. The van der Waals surface area contributed by atoms with Gasteiger partial charge in [-0.1, -0.05) is 0 Å². The van der Waals surface area contributed by atoms with E-state index in [0.717, 1.165) is 19.5 Å². The van der Waals surface area contributed by atoms with Gasteiger partial charge in [0, 0.05) is 25.5 Å². The highest BCUT2D eigenvalue weighted by atomic mass is 16.1. The van der Waals surface area contributed by atoms with Crippen LogP contribution in [0.3, 0.4) is 0 Å². The molecule has 90 valence electrons. The van der Waals surface area contributed by atoms with Crippen molar-refractivity contribution in [2.24, 2.45) is 0 Å². The quantitative estimate of drug-likeness (QED) is 0.720. The topological polar surface area (TPSA) is 88.5 Å². The van der Waals surface area contributed by atoms with Crippen molar-refractivity contribution in [2.45, 2.75) is 19.9 Å². The Morgan fingerprint density at radius 2 is 2.41 bits per heavy atom. The van der Waals surface area contributed by atoms with Crippen molar-refractivity contribution in [3.8, 4) is 0 Å². The van der Waals surface area contributed by atoms with Crippen molar-refractivity contribution in [3.05, 3.63) is 34.9 Å². The predicted molar refractivity (Wildman–Crippen MR) is 62.7 cm³/mol. The zero-order valence-corrected chi connectivity index (χ0v) is 9.55. The SMILES string of the molecule is Cc1n[nH]c(=O)nc1NCCCn1ccnc1. The predicted octanol–water partition coefficient (Wildman–Crippen LogP) is 0.172. The fraction of sp³-hybridized carbons (Fsp3) is 0.400. The molecule has 0 aliphatic rings. The van der Waals surface area contributed by atoms with Gasteiger partial charge in [-0.15, -0.1) is 0 Å². The van der Waals surface area contributed by atoms with E-state index in [9.17, 15) is 4.79 Å². The highest BCUT2D eigenvalue weighted by Crippen LogP contribution is 2.03. The van der Waals surface area contributed by atoms with Crippen molar-refractivity contribution < 1.29 is 0 Å². The number of rotatable bonds is 5. The molecule has 0 aromatic carbocycles. The Bertz CT molecular complexity index is 518. The van der Waals surface area contributed by atoms with Crippen LogP contribution in [0.25, 0.3) is 0 Å². The van der Waals surface area contributed by atoms with Crippen LogP contribution >= 0.6 is 0 Å². The van der Waals surface area contributed by atoms with Crippen LogP contribution in [0.2, 0.25) is 0 Å². The van der Waals surface area contributed by atoms with Gasteiger partial charge in [0.25, 0.3) is 0 Å². The van der Waals surface area contributed by atoms with E-state index in [1.807, 2.05) is 10.8 Å². The summed E-state index contributed by atoms with van der Waals surface area (Å²) < 4.78 is 2.00. The first-order valence-electron chi connectivity index (χ1n) is 5.38. The second kappa shape index (κ2) is 5.24. The number of nitrogens with one attached hydrogen (secondary N) is 2. The molecule has 2 N–H and O–H groups in total. The molecule has 7 nitrogen and oxygen atoms in total. The lowest BCUT2D eigenvalue weighted by Crippen LogP contribution is -2.18. The summed E-state index contributed by atoms with van der Waals surface area (Å²) in [7, 11) is 0. The van der Waals surface area contributed by atoms with E-state index >= 15 is 0 Å². The molecule has 0 atom stereocenters. The fourth-order valence-electron chi connectivity index (χ4n) is 1.45. The third kappa shape index (κ3) is 3.13. The number of nitrogens with zero attached hydrogens (tertiary/aromatic N) is 4. The van der Waals surface area contributed by atoms with Gasteiger partial charge in [0.05, 0.1) is 6.33 Å². The summed E-state index contributed by atoms with van der Waals surface area (Å²) in [5.74, 6) is 0.541. The third-order valence-electron chi connectivity index (χ3n) is 2.32. The van der Waals surface area contributed by atoms with Crippen LogP contribution in [0.15, 0.2) is 23.5 Å². The molecule has 0 amide bonds. The van der Waals surface area contributed by atoms with Crippen LogP contribution in [0.1, 0.15) is 12.1 Å². The number of H-pyrrole nitrogens is 1. The molecule has 2 heterocycles. The summed E-state index contributed by atoms with van der Waals surface area (Å²) >= 11 is 0. The summed E-state index contributed by atoms with van der Waals surface area (Å²) in [4.78, 5) is 18.7. The largest absolute Gasteiger partial charge is 0.368 e. The van der Waals surface area contributed by atoms with Crippen molar-refractivity contribution in [3.63, 3.8) is 0 Å². The van der Waals surface area contributed by atoms with E-state index < -0.39 is 5.69 Å². The Kier molecular flexibility index (Phi) is 3.49. The molecule has 0 spiro atoms. The molecule has 0 unspecified atom stereocenters.